The fourth-order valence-corrected chi connectivity index (χ4v) is 3.74. The number of rotatable bonds is 3. The third-order valence-electron chi connectivity index (χ3n) is 5.21. The molecule has 1 N–H and O–H groups in total. The number of hydrogen-bond donors (Lipinski definition) is 1. The van der Waals surface area contributed by atoms with Crippen molar-refractivity contribution in [1.29, 1.82) is 0 Å². The van der Waals surface area contributed by atoms with E-state index in [1.807, 2.05) is 54.1 Å². The van der Waals surface area contributed by atoms with Crippen molar-refractivity contribution < 1.29 is 9.21 Å². The van der Waals surface area contributed by atoms with Gasteiger partial charge in [0.2, 0.25) is 0 Å². The lowest BCUT2D eigenvalue weighted by atomic mass is 10.1. The summed E-state index contributed by atoms with van der Waals surface area (Å²) in [4.78, 5) is 17.4. The summed E-state index contributed by atoms with van der Waals surface area (Å²) in [7, 11) is 0. The van der Waals surface area contributed by atoms with Crippen molar-refractivity contribution in [2.24, 2.45) is 0 Å². The summed E-state index contributed by atoms with van der Waals surface area (Å²) in [5, 5.41) is 11.2. The summed E-state index contributed by atoms with van der Waals surface area (Å²) in [6.07, 6.45) is 3.41. The largest absolute Gasteiger partial charge is 0.450 e. The molecule has 0 saturated heterocycles. The van der Waals surface area contributed by atoms with E-state index in [2.05, 4.69) is 29.2 Å². The molecule has 3 heterocycles. The van der Waals surface area contributed by atoms with Gasteiger partial charge < -0.3 is 9.73 Å². The molecule has 0 fully saturated rings. The minimum absolute atomic E-state index is 0.216. The zero-order chi connectivity index (χ0) is 20.1. The van der Waals surface area contributed by atoms with Crippen LogP contribution in [0, 0.1) is 6.92 Å². The first kappa shape index (κ1) is 17.4. The number of amides is 1. The summed E-state index contributed by atoms with van der Waals surface area (Å²) in [5.41, 5.74) is 2.96. The van der Waals surface area contributed by atoms with Crippen LogP contribution >= 0.6 is 0 Å². The Balaban J connectivity index is 1.52. The first-order valence-corrected chi connectivity index (χ1v) is 9.58. The van der Waals surface area contributed by atoms with Crippen LogP contribution < -0.4 is 5.32 Å². The third kappa shape index (κ3) is 2.76. The molecule has 5 aromatic rings. The number of carbonyl (C=O) groups excluding carboxylic acids is 1. The Bertz CT molecular complexity index is 1390. The number of aromatic nitrogens is 3. The minimum atomic E-state index is -0.291. The summed E-state index contributed by atoms with van der Waals surface area (Å²) in [6.45, 7) is 6.01. The Morgan fingerprint density at radius 2 is 1.90 bits per heavy atom. The second-order valence-corrected chi connectivity index (χ2v) is 7.49. The highest BCUT2D eigenvalue weighted by Crippen LogP contribution is 2.32. The van der Waals surface area contributed by atoms with Gasteiger partial charge in [-0.05, 0) is 32.2 Å². The number of benzene rings is 2. The molecule has 3 aromatic heterocycles. The van der Waals surface area contributed by atoms with Gasteiger partial charge in [-0.25, -0.2) is 9.67 Å². The van der Waals surface area contributed by atoms with Gasteiger partial charge in [0, 0.05) is 27.8 Å². The van der Waals surface area contributed by atoms with Crippen molar-refractivity contribution in [3.8, 4) is 0 Å². The zero-order valence-electron chi connectivity index (χ0n) is 16.4. The van der Waals surface area contributed by atoms with Gasteiger partial charge in [-0.2, -0.15) is 5.10 Å². The molecule has 0 atom stereocenters. The average molecular weight is 384 g/mol. The fraction of sp³-hybridized carbons (Fsp3) is 0.174. The van der Waals surface area contributed by atoms with E-state index in [4.69, 9.17) is 4.42 Å². The van der Waals surface area contributed by atoms with Gasteiger partial charge >= 0.3 is 0 Å². The van der Waals surface area contributed by atoms with E-state index < -0.39 is 0 Å². The van der Waals surface area contributed by atoms with Crippen LogP contribution in [0.3, 0.4) is 0 Å². The van der Waals surface area contributed by atoms with Crippen molar-refractivity contribution in [3.05, 3.63) is 66.2 Å². The number of hydrogen-bond acceptors (Lipinski definition) is 4. The molecule has 0 spiro atoms. The van der Waals surface area contributed by atoms with E-state index >= 15 is 0 Å². The van der Waals surface area contributed by atoms with E-state index in [1.54, 1.807) is 12.4 Å². The molecule has 5 rings (SSSR count). The monoisotopic (exact) mass is 384 g/mol. The second-order valence-electron chi connectivity index (χ2n) is 7.49. The number of fused-ring (bicyclic) bond motifs is 4. The van der Waals surface area contributed by atoms with Crippen LogP contribution in [0.25, 0.3) is 32.8 Å². The molecule has 0 aliphatic rings. The molecule has 2 aromatic carbocycles. The van der Waals surface area contributed by atoms with Crippen LogP contribution in [0.4, 0.5) is 5.69 Å². The molecule has 0 radical (unpaired) electrons. The predicted octanol–water partition coefficient (Wildman–Crippen LogP) is 5.47. The van der Waals surface area contributed by atoms with Crippen molar-refractivity contribution in [3.63, 3.8) is 0 Å². The molecule has 6 nitrogen and oxygen atoms in total. The number of furan rings is 1. The van der Waals surface area contributed by atoms with Crippen LogP contribution in [0.2, 0.25) is 0 Å². The Labute approximate surface area is 167 Å². The maximum absolute atomic E-state index is 12.9. The number of aryl methyl sites for hydroxylation is 1. The van der Waals surface area contributed by atoms with Gasteiger partial charge in [-0.15, -0.1) is 0 Å². The Hall–Kier alpha value is -3.67. The normalized spacial score (nSPS) is 11.7. The van der Waals surface area contributed by atoms with Crippen molar-refractivity contribution in [1.82, 2.24) is 14.8 Å². The van der Waals surface area contributed by atoms with Crippen LogP contribution in [-0.4, -0.2) is 20.7 Å². The lowest BCUT2D eigenvalue weighted by molar-refractivity contribution is 0.0998. The third-order valence-corrected chi connectivity index (χ3v) is 5.21. The van der Waals surface area contributed by atoms with Crippen molar-refractivity contribution in [2.45, 2.75) is 26.8 Å². The van der Waals surface area contributed by atoms with Gasteiger partial charge in [-0.1, -0.05) is 36.4 Å². The second kappa shape index (κ2) is 6.44. The number of nitrogens with zero attached hydrogens (tertiary/aromatic N) is 3. The SMILES string of the molecule is Cc1c(C(=O)Nc2cnc3c(cnn3C(C)C)c2)oc2c1ccc1ccccc12. The molecule has 29 heavy (non-hydrogen) atoms. The highest BCUT2D eigenvalue weighted by Gasteiger charge is 2.19. The lowest BCUT2D eigenvalue weighted by Crippen LogP contribution is -2.12. The highest BCUT2D eigenvalue weighted by molar-refractivity contribution is 6.11. The quantitative estimate of drug-likeness (QED) is 0.447. The Morgan fingerprint density at radius 3 is 2.72 bits per heavy atom. The molecule has 0 aliphatic heterocycles. The van der Waals surface area contributed by atoms with E-state index in [9.17, 15) is 4.79 Å². The van der Waals surface area contributed by atoms with Gasteiger partial charge in [-0.3, -0.25) is 4.79 Å². The van der Waals surface area contributed by atoms with Crippen LogP contribution in [-0.2, 0) is 0 Å². The van der Waals surface area contributed by atoms with Crippen molar-refractivity contribution in [2.75, 3.05) is 5.32 Å². The van der Waals surface area contributed by atoms with Gasteiger partial charge in [0.25, 0.3) is 5.91 Å². The average Bonchev–Trinajstić information content (AvgIpc) is 3.29. The summed E-state index contributed by atoms with van der Waals surface area (Å²) >= 11 is 0. The molecule has 144 valence electrons. The summed E-state index contributed by atoms with van der Waals surface area (Å²) in [6, 6.07) is 14.1. The van der Waals surface area contributed by atoms with Crippen LogP contribution in [0.15, 0.2) is 59.3 Å². The summed E-state index contributed by atoms with van der Waals surface area (Å²) < 4.78 is 7.88. The first-order valence-electron chi connectivity index (χ1n) is 9.58. The maximum Gasteiger partial charge on any atom is 0.291 e. The molecule has 0 unspecified atom stereocenters. The summed E-state index contributed by atoms with van der Waals surface area (Å²) in [5.74, 6) is 0.0227. The number of anilines is 1. The van der Waals surface area contributed by atoms with Gasteiger partial charge in [0.1, 0.15) is 5.58 Å². The fourth-order valence-electron chi connectivity index (χ4n) is 3.74. The smallest absolute Gasteiger partial charge is 0.291 e. The number of nitrogens with one attached hydrogen (secondary N) is 1. The molecule has 0 saturated carbocycles. The standard InChI is InChI=1S/C23H20N4O2/c1-13(2)27-22-16(11-25-27)10-17(12-24-22)26-23(28)20-14(3)18-9-8-15-6-4-5-7-19(15)21(18)29-20/h4-13H,1-3H3,(H,26,28). The number of carbonyl (C=O) groups is 1. The van der Waals surface area contributed by atoms with E-state index in [1.165, 1.54) is 0 Å². The molecule has 6 heteroatoms. The molecule has 1 amide bonds. The Kier molecular flexibility index (Phi) is 3.87. The van der Waals surface area contributed by atoms with Gasteiger partial charge in [0.15, 0.2) is 11.4 Å². The molecule has 0 bridgehead atoms. The topological polar surface area (TPSA) is 73.0 Å². The maximum atomic E-state index is 12.9. The zero-order valence-corrected chi connectivity index (χ0v) is 16.4. The van der Waals surface area contributed by atoms with Crippen LogP contribution in [0.5, 0.6) is 0 Å². The molecular formula is C23H20N4O2. The minimum Gasteiger partial charge on any atom is -0.450 e. The van der Waals surface area contributed by atoms with E-state index in [0.29, 0.717) is 11.4 Å². The lowest BCUT2D eigenvalue weighted by Gasteiger charge is -2.07. The van der Waals surface area contributed by atoms with Gasteiger partial charge in [0.05, 0.1) is 18.1 Å². The van der Waals surface area contributed by atoms with Crippen LogP contribution in [0.1, 0.15) is 36.0 Å². The first-order chi connectivity index (χ1) is 14.0. The Morgan fingerprint density at radius 1 is 1.07 bits per heavy atom. The van der Waals surface area contributed by atoms with Crippen molar-refractivity contribution >= 4 is 44.4 Å². The van der Waals surface area contributed by atoms with E-state index in [0.717, 1.165) is 38.3 Å². The molecular weight excluding hydrogens is 364 g/mol. The highest BCUT2D eigenvalue weighted by atomic mass is 16.3. The number of pyridine rings is 1. The predicted molar refractivity (Wildman–Crippen MR) is 114 cm³/mol. The molecule has 0 aliphatic carbocycles. The van der Waals surface area contributed by atoms with E-state index in [-0.39, 0.29) is 11.9 Å².